The van der Waals surface area contributed by atoms with Gasteiger partial charge in [0.15, 0.2) is 0 Å². The second kappa shape index (κ2) is 5.98. The minimum atomic E-state index is -0.0618. The van der Waals surface area contributed by atoms with Gasteiger partial charge in [-0.05, 0) is 31.4 Å². The number of nitrogens with two attached hydrogens (primary N) is 1. The fourth-order valence-electron chi connectivity index (χ4n) is 2.60. The molecular weight excluding hydrogens is 270 g/mol. The van der Waals surface area contributed by atoms with E-state index in [9.17, 15) is 0 Å². The van der Waals surface area contributed by atoms with Crippen molar-refractivity contribution in [1.82, 2.24) is 9.78 Å². The highest BCUT2D eigenvalue weighted by Crippen LogP contribution is 2.26. The highest BCUT2D eigenvalue weighted by molar-refractivity contribution is 6.31. The Morgan fingerprint density at radius 3 is 2.60 bits per heavy atom. The van der Waals surface area contributed by atoms with Crippen molar-refractivity contribution >= 4 is 11.6 Å². The average molecular weight is 292 g/mol. The van der Waals surface area contributed by atoms with E-state index in [1.807, 2.05) is 11.7 Å². The summed E-state index contributed by atoms with van der Waals surface area (Å²) in [5, 5.41) is 5.20. The van der Waals surface area contributed by atoms with Crippen LogP contribution in [0.5, 0.6) is 0 Å². The number of aromatic nitrogens is 2. The van der Waals surface area contributed by atoms with E-state index in [0.29, 0.717) is 6.42 Å². The number of nitrogens with zero attached hydrogens (tertiary/aromatic N) is 2. The molecule has 0 bridgehead atoms. The summed E-state index contributed by atoms with van der Waals surface area (Å²) in [6.07, 6.45) is 1.54. The van der Waals surface area contributed by atoms with E-state index in [2.05, 4.69) is 44.1 Å². The van der Waals surface area contributed by atoms with Gasteiger partial charge in [0.05, 0.1) is 16.4 Å². The summed E-state index contributed by atoms with van der Waals surface area (Å²) in [7, 11) is 1.93. The van der Waals surface area contributed by atoms with Crippen LogP contribution in [0.1, 0.15) is 41.0 Å². The third-order valence-electron chi connectivity index (χ3n) is 3.74. The van der Waals surface area contributed by atoms with Gasteiger partial charge < -0.3 is 5.73 Å². The SMILES string of the molecule is CCc1nn(C)c(CC(N)c2ccc(C)cc2C)c1Cl. The molecule has 20 heavy (non-hydrogen) atoms. The molecule has 108 valence electrons. The van der Waals surface area contributed by atoms with Crippen LogP contribution in [0.2, 0.25) is 5.02 Å². The van der Waals surface area contributed by atoms with Crippen molar-refractivity contribution in [1.29, 1.82) is 0 Å². The molecule has 1 aromatic carbocycles. The molecule has 0 aliphatic rings. The lowest BCUT2D eigenvalue weighted by Gasteiger charge is -2.15. The first-order valence-electron chi connectivity index (χ1n) is 6.97. The van der Waals surface area contributed by atoms with Gasteiger partial charge >= 0.3 is 0 Å². The van der Waals surface area contributed by atoms with Crippen LogP contribution in [0.15, 0.2) is 18.2 Å². The Morgan fingerprint density at radius 1 is 1.35 bits per heavy atom. The van der Waals surface area contributed by atoms with Crippen LogP contribution >= 0.6 is 11.6 Å². The number of hydrogen-bond donors (Lipinski definition) is 1. The maximum atomic E-state index is 6.39. The standard InChI is InChI=1S/C16H22ClN3/c1-5-14-16(17)15(20(4)19-14)9-13(18)12-7-6-10(2)8-11(12)3/h6-8,13H,5,9,18H2,1-4H3. The van der Waals surface area contributed by atoms with Gasteiger partial charge in [-0.3, -0.25) is 4.68 Å². The molecule has 0 radical (unpaired) electrons. The van der Waals surface area contributed by atoms with Crippen molar-refractivity contribution in [2.24, 2.45) is 12.8 Å². The second-order valence-corrected chi connectivity index (χ2v) is 5.73. The Morgan fingerprint density at radius 2 is 2.05 bits per heavy atom. The highest BCUT2D eigenvalue weighted by Gasteiger charge is 2.17. The zero-order chi connectivity index (χ0) is 14.9. The zero-order valence-corrected chi connectivity index (χ0v) is 13.3. The van der Waals surface area contributed by atoms with Crippen molar-refractivity contribution < 1.29 is 0 Å². The Hall–Kier alpha value is -1.32. The van der Waals surface area contributed by atoms with Crippen molar-refractivity contribution in [3.8, 4) is 0 Å². The maximum Gasteiger partial charge on any atom is 0.0850 e. The van der Waals surface area contributed by atoms with E-state index >= 15 is 0 Å². The third-order valence-corrected chi connectivity index (χ3v) is 4.18. The Kier molecular flexibility index (Phi) is 4.51. The third kappa shape index (κ3) is 2.89. The van der Waals surface area contributed by atoms with Gasteiger partial charge in [-0.1, -0.05) is 42.3 Å². The Labute approximate surface area is 125 Å². The molecule has 0 aliphatic heterocycles. The molecule has 0 aliphatic carbocycles. The van der Waals surface area contributed by atoms with E-state index in [4.69, 9.17) is 17.3 Å². The van der Waals surface area contributed by atoms with Gasteiger partial charge in [-0.2, -0.15) is 5.10 Å². The molecule has 3 nitrogen and oxygen atoms in total. The molecule has 1 atom stereocenters. The molecule has 1 unspecified atom stereocenters. The van der Waals surface area contributed by atoms with Gasteiger partial charge in [-0.15, -0.1) is 0 Å². The molecule has 2 rings (SSSR count). The van der Waals surface area contributed by atoms with Crippen molar-refractivity contribution in [3.05, 3.63) is 51.3 Å². The van der Waals surface area contributed by atoms with Gasteiger partial charge in [0, 0.05) is 19.5 Å². The fraction of sp³-hybridized carbons (Fsp3) is 0.438. The predicted molar refractivity (Wildman–Crippen MR) is 84.1 cm³/mol. The summed E-state index contributed by atoms with van der Waals surface area (Å²) in [5.41, 5.74) is 12.0. The van der Waals surface area contributed by atoms with Crippen LogP contribution in [0, 0.1) is 13.8 Å². The molecule has 2 N–H and O–H groups in total. The molecule has 4 heteroatoms. The van der Waals surface area contributed by atoms with E-state index < -0.39 is 0 Å². The first-order valence-corrected chi connectivity index (χ1v) is 7.34. The van der Waals surface area contributed by atoms with Crippen LogP contribution < -0.4 is 5.73 Å². The first-order chi connectivity index (χ1) is 9.43. The van der Waals surface area contributed by atoms with E-state index in [0.717, 1.165) is 22.8 Å². The monoisotopic (exact) mass is 291 g/mol. The number of hydrogen-bond acceptors (Lipinski definition) is 2. The van der Waals surface area contributed by atoms with Crippen molar-refractivity contribution in [3.63, 3.8) is 0 Å². The van der Waals surface area contributed by atoms with Crippen molar-refractivity contribution in [2.45, 2.75) is 39.7 Å². The van der Waals surface area contributed by atoms with E-state index in [1.165, 1.54) is 16.7 Å². The van der Waals surface area contributed by atoms with E-state index in [1.54, 1.807) is 0 Å². The lowest BCUT2D eigenvalue weighted by Crippen LogP contribution is -2.16. The molecule has 1 aromatic heterocycles. The number of halogens is 1. The second-order valence-electron chi connectivity index (χ2n) is 5.36. The summed E-state index contributed by atoms with van der Waals surface area (Å²) in [6.45, 7) is 6.25. The topological polar surface area (TPSA) is 43.8 Å². The molecule has 1 heterocycles. The molecule has 0 saturated heterocycles. The normalized spacial score (nSPS) is 12.7. The van der Waals surface area contributed by atoms with Crippen LogP contribution in [-0.4, -0.2) is 9.78 Å². The first kappa shape index (κ1) is 15.1. The minimum Gasteiger partial charge on any atom is -0.324 e. The zero-order valence-electron chi connectivity index (χ0n) is 12.6. The molecular formula is C16H22ClN3. The largest absolute Gasteiger partial charge is 0.324 e. The summed E-state index contributed by atoms with van der Waals surface area (Å²) in [5.74, 6) is 0. The Bertz CT molecular complexity index is 616. The maximum absolute atomic E-state index is 6.39. The summed E-state index contributed by atoms with van der Waals surface area (Å²) < 4.78 is 1.85. The van der Waals surface area contributed by atoms with Crippen LogP contribution in [0.3, 0.4) is 0 Å². The minimum absolute atomic E-state index is 0.0618. The van der Waals surface area contributed by atoms with Crippen LogP contribution in [0.25, 0.3) is 0 Å². The lowest BCUT2D eigenvalue weighted by atomic mass is 9.96. The van der Waals surface area contributed by atoms with Gasteiger partial charge in [0.2, 0.25) is 0 Å². The lowest BCUT2D eigenvalue weighted by molar-refractivity contribution is 0.636. The van der Waals surface area contributed by atoms with Gasteiger partial charge in [0.25, 0.3) is 0 Å². The summed E-state index contributed by atoms with van der Waals surface area (Å²) in [6, 6.07) is 6.32. The number of rotatable bonds is 4. The predicted octanol–water partition coefficient (Wildman–Crippen LogP) is 3.50. The van der Waals surface area contributed by atoms with Crippen LogP contribution in [-0.2, 0) is 19.9 Å². The quantitative estimate of drug-likeness (QED) is 0.937. The number of benzene rings is 1. The van der Waals surface area contributed by atoms with Gasteiger partial charge in [-0.25, -0.2) is 0 Å². The average Bonchev–Trinajstić information content (AvgIpc) is 2.66. The summed E-state index contributed by atoms with van der Waals surface area (Å²) >= 11 is 6.39. The van der Waals surface area contributed by atoms with E-state index in [-0.39, 0.29) is 6.04 Å². The summed E-state index contributed by atoms with van der Waals surface area (Å²) in [4.78, 5) is 0. The molecule has 0 spiro atoms. The smallest absolute Gasteiger partial charge is 0.0850 e. The van der Waals surface area contributed by atoms with Gasteiger partial charge in [0.1, 0.15) is 0 Å². The number of aryl methyl sites for hydroxylation is 4. The molecule has 2 aromatic rings. The van der Waals surface area contributed by atoms with Crippen molar-refractivity contribution in [2.75, 3.05) is 0 Å². The Balaban J connectivity index is 2.27. The fourth-order valence-corrected chi connectivity index (χ4v) is 2.97. The highest BCUT2D eigenvalue weighted by atomic mass is 35.5. The molecule has 0 fully saturated rings. The molecule has 0 amide bonds. The van der Waals surface area contributed by atoms with Crippen LogP contribution in [0.4, 0.5) is 0 Å². The molecule has 0 saturated carbocycles.